The Morgan fingerprint density at radius 2 is 1.47 bits per heavy atom. The summed E-state index contributed by atoms with van der Waals surface area (Å²) in [6, 6.07) is 28.5. The summed E-state index contributed by atoms with van der Waals surface area (Å²) in [5.74, 6) is 1.39. The van der Waals surface area contributed by atoms with Crippen molar-refractivity contribution in [1.29, 1.82) is 0 Å². The van der Waals surface area contributed by atoms with Gasteiger partial charge >= 0.3 is 0 Å². The second-order valence-corrected chi connectivity index (χ2v) is 8.64. The van der Waals surface area contributed by atoms with Crippen molar-refractivity contribution >= 4 is 23.4 Å². The molecule has 34 heavy (non-hydrogen) atoms. The number of nitrogens with zero attached hydrogens (tertiary/aromatic N) is 2. The summed E-state index contributed by atoms with van der Waals surface area (Å²) in [4.78, 5) is 4.94. The molecule has 0 spiro atoms. The predicted octanol–water partition coefficient (Wildman–Crippen LogP) is 5.52. The Morgan fingerprint density at radius 1 is 0.882 bits per heavy atom. The van der Waals surface area contributed by atoms with Gasteiger partial charge in [-0.3, -0.25) is 0 Å². The molecule has 3 aromatic carbocycles. The maximum Gasteiger partial charge on any atom is 0.113 e. The standard InChI is InChI=1S/C28H30N2O3.ClH/c31-24(20-33-27(21-9-3-1-4-10-21)22-11-5-2-6-12-22)19-30-26-14-8-7-13-25(26)29-28(30)23-15-17-32-18-16-23;/h1-14,23-24,27,31H,15-20H2;1H. The lowest BCUT2D eigenvalue weighted by Crippen LogP contribution is -2.26. The van der Waals surface area contributed by atoms with Crippen molar-refractivity contribution in [3.8, 4) is 0 Å². The van der Waals surface area contributed by atoms with Gasteiger partial charge in [0.1, 0.15) is 11.9 Å². The van der Waals surface area contributed by atoms with E-state index in [0.29, 0.717) is 12.5 Å². The van der Waals surface area contributed by atoms with Crippen molar-refractivity contribution in [3.63, 3.8) is 0 Å². The Balaban J connectivity index is 0.00000274. The summed E-state index contributed by atoms with van der Waals surface area (Å²) >= 11 is 0. The Morgan fingerprint density at radius 3 is 2.12 bits per heavy atom. The lowest BCUT2D eigenvalue weighted by molar-refractivity contribution is -0.000823. The Labute approximate surface area is 206 Å². The highest BCUT2D eigenvalue weighted by molar-refractivity contribution is 5.85. The summed E-state index contributed by atoms with van der Waals surface area (Å²) in [5, 5.41) is 11.0. The topological polar surface area (TPSA) is 56.5 Å². The van der Waals surface area contributed by atoms with Crippen LogP contribution in [0, 0.1) is 0 Å². The summed E-state index contributed by atoms with van der Waals surface area (Å²) in [7, 11) is 0. The monoisotopic (exact) mass is 478 g/mol. The highest BCUT2D eigenvalue weighted by Crippen LogP contribution is 2.30. The van der Waals surface area contributed by atoms with Crippen LogP contribution in [0.2, 0.25) is 0 Å². The van der Waals surface area contributed by atoms with E-state index < -0.39 is 6.10 Å². The number of aliphatic hydroxyl groups excluding tert-OH is 1. The number of aromatic nitrogens is 2. The van der Waals surface area contributed by atoms with E-state index in [1.807, 2.05) is 54.6 Å². The Hall–Kier alpha value is -2.70. The molecule has 1 unspecified atom stereocenters. The van der Waals surface area contributed by atoms with E-state index in [-0.39, 0.29) is 25.1 Å². The summed E-state index contributed by atoms with van der Waals surface area (Å²) < 4.78 is 14.1. The maximum atomic E-state index is 11.0. The van der Waals surface area contributed by atoms with Gasteiger partial charge in [-0.2, -0.15) is 0 Å². The molecule has 1 atom stereocenters. The molecule has 0 amide bonds. The molecule has 4 aromatic rings. The first kappa shape index (κ1) is 24.4. The molecular weight excluding hydrogens is 448 g/mol. The third-order valence-corrected chi connectivity index (χ3v) is 6.32. The quantitative estimate of drug-likeness (QED) is 0.362. The van der Waals surface area contributed by atoms with Gasteiger partial charge in [-0.25, -0.2) is 4.98 Å². The van der Waals surface area contributed by atoms with Gasteiger partial charge in [0, 0.05) is 19.1 Å². The van der Waals surface area contributed by atoms with Crippen LogP contribution in [0.4, 0.5) is 0 Å². The fraction of sp³-hybridized carbons (Fsp3) is 0.321. The van der Waals surface area contributed by atoms with Gasteiger partial charge in [0.15, 0.2) is 0 Å². The third kappa shape index (κ3) is 5.50. The molecule has 1 aromatic heterocycles. The number of ether oxygens (including phenoxy) is 2. The normalized spacial score (nSPS) is 15.4. The number of hydrogen-bond acceptors (Lipinski definition) is 4. The van der Waals surface area contributed by atoms with Gasteiger partial charge < -0.3 is 19.1 Å². The van der Waals surface area contributed by atoms with Crippen LogP contribution in [0.3, 0.4) is 0 Å². The van der Waals surface area contributed by atoms with Crippen LogP contribution in [0.15, 0.2) is 84.9 Å². The summed E-state index contributed by atoms with van der Waals surface area (Å²) in [6.07, 6.45) is 1.03. The van der Waals surface area contributed by atoms with Crippen LogP contribution in [-0.4, -0.2) is 40.6 Å². The highest BCUT2D eigenvalue weighted by Gasteiger charge is 2.24. The van der Waals surface area contributed by atoms with Crippen LogP contribution in [0.25, 0.3) is 11.0 Å². The zero-order chi connectivity index (χ0) is 22.5. The van der Waals surface area contributed by atoms with E-state index in [0.717, 1.165) is 54.0 Å². The lowest BCUT2D eigenvalue weighted by Gasteiger charge is -2.25. The van der Waals surface area contributed by atoms with E-state index in [1.54, 1.807) is 0 Å². The molecule has 1 fully saturated rings. The number of fused-ring (bicyclic) bond motifs is 1. The largest absolute Gasteiger partial charge is 0.389 e. The Bertz CT molecular complexity index is 1120. The summed E-state index contributed by atoms with van der Waals surface area (Å²) in [5.41, 5.74) is 4.18. The van der Waals surface area contributed by atoms with Crippen LogP contribution in [0.5, 0.6) is 0 Å². The van der Waals surface area contributed by atoms with Crippen molar-refractivity contribution in [1.82, 2.24) is 9.55 Å². The van der Waals surface area contributed by atoms with Crippen molar-refractivity contribution in [2.75, 3.05) is 19.8 Å². The molecule has 0 bridgehead atoms. The molecule has 5 nitrogen and oxygen atoms in total. The molecular formula is C28H31ClN2O3. The molecule has 5 rings (SSSR count). The van der Waals surface area contributed by atoms with Crippen molar-refractivity contribution < 1.29 is 14.6 Å². The first-order chi connectivity index (χ1) is 16.3. The van der Waals surface area contributed by atoms with E-state index >= 15 is 0 Å². The fourth-order valence-corrected chi connectivity index (χ4v) is 4.66. The average Bonchev–Trinajstić information content (AvgIpc) is 3.24. The molecule has 0 saturated carbocycles. The average molecular weight is 479 g/mol. The van der Waals surface area contributed by atoms with Gasteiger partial charge in [-0.15, -0.1) is 12.4 Å². The van der Waals surface area contributed by atoms with Crippen LogP contribution in [-0.2, 0) is 16.0 Å². The first-order valence-corrected chi connectivity index (χ1v) is 11.7. The Kier molecular flexibility index (Phi) is 8.35. The second-order valence-electron chi connectivity index (χ2n) is 8.64. The zero-order valence-corrected chi connectivity index (χ0v) is 19.9. The van der Waals surface area contributed by atoms with Gasteiger partial charge in [0.2, 0.25) is 0 Å². The first-order valence-electron chi connectivity index (χ1n) is 11.7. The number of benzene rings is 3. The van der Waals surface area contributed by atoms with Crippen LogP contribution >= 0.6 is 12.4 Å². The summed E-state index contributed by atoms with van der Waals surface area (Å²) in [6.45, 7) is 2.20. The van der Waals surface area contributed by atoms with Crippen molar-refractivity contribution in [3.05, 3.63) is 102 Å². The molecule has 1 N–H and O–H groups in total. The van der Waals surface area contributed by atoms with E-state index in [9.17, 15) is 5.11 Å². The van der Waals surface area contributed by atoms with E-state index in [4.69, 9.17) is 14.5 Å². The van der Waals surface area contributed by atoms with E-state index in [2.05, 4.69) is 34.9 Å². The highest BCUT2D eigenvalue weighted by atomic mass is 35.5. The number of rotatable bonds is 8. The van der Waals surface area contributed by atoms with Gasteiger partial charge in [-0.05, 0) is 36.1 Å². The maximum absolute atomic E-state index is 11.0. The van der Waals surface area contributed by atoms with Crippen LogP contribution < -0.4 is 0 Å². The second kappa shape index (κ2) is 11.6. The minimum absolute atomic E-state index is 0. The van der Waals surface area contributed by atoms with Gasteiger partial charge in [0.25, 0.3) is 0 Å². The molecule has 0 radical (unpaired) electrons. The van der Waals surface area contributed by atoms with Gasteiger partial charge in [0.05, 0.1) is 30.3 Å². The lowest BCUT2D eigenvalue weighted by atomic mass is 9.99. The number of aliphatic hydroxyl groups is 1. The molecule has 2 heterocycles. The number of hydrogen-bond donors (Lipinski definition) is 1. The molecule has 1 aliphatic heterocycles. The van der Waals surface area contributed by atoms with Crippen molar-refractivity contribution in [2.24, 2.45) is 0 Å². The molecule has 0 aliphatic carbocycles. The third-order valence-electron chi connectivity index (χ3n) is 6.32. The number of imidazole rings is 1. The molecule has 6 heteroatoms. The molecule has 178 valence electrons. The number of para-hydroxylation sites is 2. The SMILES string of the molecule is Cl.OC(COC(c1ccccc1)c1ccccc1)Cn1c(C2CCOCC2)nc2ccccc21. The van der Waals surface area contributed by atoms with Gasteiger partial charge in [-0.1, -0.05) is 72.8 Å². The van der Waals surface area contributed by atoms with E-state index in [1.165, 1.54) is 0 Å². The minimum Gasteiger partial charge on any atom is -0.389 e. The molecule has 1 saturated heterocycles. The zero-order valence-electron chi connectivity index (χ0n) is 19.1. The number of halogens is 1. The van der Waals surface area contributed by atoms with Crippen LogP contribution in [0.1, 0.15) is 41.8 Å². The minimum atomic E-state index is -0.656. The molecule has 1 aliphatic rings. The predicted molar refractivity (Wildman–Crippen MR) is 136 cm³/mol. The van der Waals surface area contributed by atoms with Crippen molar-refractivity contribution in [2.45, 2.75) is 37.5 Å². The fourth-order valence-electron chi connectivity index (χ4n) is 4.66. The smallest absolute Gasteiger partial charge is 0.113 e.